The number of hydrogen-bond donors (Lipinski definition) is 1. The van der Waals surface area contributed by atoms with E-state index in [0.29, 0.717) is 0 Å². The summed E-state index contributed by atoms with van der Waals surface area (Å²) >= 11 is 0. The fourth-order valence-corrected chi connectivity index (χ4v) is 1.11. The van der Waals surface area contributed by atoms with Gasteiger partial charge in [0, 0.05) is 11.6 Å². The first-order chi connectivity index (χ1) is 7.74. The van der Waals surface area contributed by atoms with Crippen molar-refractivity contribution >= 4 is 5.97 Å². The van der Waals surface area contributed by atoms with Crippen molar-refractivity contribution in [2.45, 2.75) is 13.3 Å². The van der Waals surface area contributed by atoms with Crippen molar-refractivity contribution in [1.82, 2.24) is 4.98 Å². The molecule has 1 N–H and O–H groups in total. The van der Waals surface area contributed by atoms with Crippen LogP contribution in [-0.2, 0) is 0 Å². The lowest BCUT2D eigenvalue weighted by Gasteiger charge is -2.13. The largest absolute Gasteiger partial charge is 0.573 e. The minimum absolute atomic E-state index is 0.226. The first-order valence-electron chi connectivity index (χ1n) is 4.29. The number of pyridine rings is 1. The number of methoxy groups -OCH3 is 1. The van der Waals surface area contributed by atoms with E-state index < -0.39 is 23.8 Å². The molecule has 0 amide bonds. The standard InChI is InChI=1S/C9H8F3NO4/c1-4-5(17-9(10,11)12)3-6(16-2)13-7(4)8(14)15/h3H,1-2H3,(H,14,15). The molecular formula is C9H8F3NO4. The van der Waals surface area contributed by atoms with Gasteiger partial charge in [-0.15, -0.1) is 13.2 Å². The smallest absolute Gasteiger partial charge is 0.481 e. The molecule has 1 aromatic rings. The number of carbonyl (C=O) groups is 1. The average Bonchev–Trinajstić information content (AvgIpc) is 2.18. The molecule has 0 bridgehead atoms. The van der Waals surface area contributed by atoms with E-state index in [0.717, 1.165) is 20.1 Å². The lowest BCUT2D eigenvalue weighted by molar-refractivity contribution is -0.274. The maximum Gasteiger partial charge on any atom is 0.573 e. The normalized spacial score (nSPS) is 11.1. The quantitative estimate of drug-likeness (QED) is 0.889. The molecule has 0 saturated heterocycles. The monoisotopic (exact) mass is 251 g/mol. The van der Waals surface area contributed by atoms with E-state index in [1.165, 1.54) is 0 Å². The van der Waals surface area contributed by atoms with Gasteiger partial charge in [-0.05, 0) is 6.92 Å². The predicted octanol–water partition coefficient (Wildman–Crippen LogP) is 2.00. The Bertz CT molecular complexity index is 445. The Morgan fingerprint density at radius 2 is 2.06 bits per heavy atom. The molecule has 0 aromatic carbocycles. The van der Waals surface area contributed by atoms with E-state index in [2.05, 4.69) is 14.5 Å². The van der Waals surface area contributed by atoms with Crippen LogP contribution in [0.2, 0.25) is 0 Å². The third-order valence-corrected chi connectivity index (χ3v) is 1.84. The first-order valence-corrected chi connectivity index (χ1v) is 4.29. The highest BCUT2D eigenvalue weighted by Crippen LogP contribution is 2.30. The van der Waals surface area contributed by atoms with Gasteiger partial charge >= 0.3 is 12.3 Å². The Morgan fingerprint density at radius 1 is 1.47 bits per heavy atom. The number of nitrogens with zero attached hydrogens (tertiary/aromatic N) is 1. The average molecular weight is 251 g/mol. The summed E-state index contributed by atoms with van der Waals surface area (Å²) < 4.78 is 44.5. The van der Waals surface area contributed by atoms with E-state index in [9.17, 15) is 18.0 Å². The maximum absolute atomic E-state index is 12.1. The van der Waals surface area contributed by atoms with Gasteiger partial charge in [0.25, 0.3) is 0 Å². The van der Waals surface area contributed by atoms with Crippen molar-refractivity contribution < 1.29 is 32.5 Å². The second-order valence-electron chi connectivity index (χ2n) is 2.99. The molecule has 0 atom stereocenters. The van der Waals surface area contributed by atoms with Gasteiger partial charge in [0.05, 0.1) is 7.11 Å². The highest BCUT2D eigenvalue weighted by atomic mass is 19.4. The molecule has 0 aliphatic carbocycles. The number of alkyl halides is 3. The lowest BCUT2D eigenvalue weighted by Crippen LogP contribution is -2.19. The lowest BCUT2D eigenvalue weighted by atomic mass is 10.2. The zero-order chi connectivity index (χ0) is 13.2. The highest BCUT2D eigenvalue weighted by Gasteiger charge is 2.33. The van der Waals surface area contributed by atoms with Gasteiger partial charge in [-0.3, -0.25) is 0 Å². The van der Waals surface area contributed by atoms with Gasteiger partial charge in [-0.25, -0.2) is 9.78 Å². The van der Waals surface area contributed by atoms with Crippen LogP contribution in [0.25, 0.3) is 0 Å². The van der Waals surface area contributed by atoms with Crippen LogP contribution >= 0.6 is 0 Å². The van der Waals surface area contributed by atoms with E-state index in [-0.39, 0.29) is 11.4 Å². The van der Waals surface area contributed by atoms with E-state index in [4.69, 9.17) is 5.11 Å². The number of halogens is 3. The Labute approximate surface area is 93.8 Å². The summed E-state index contributed by atoms with van der Waals surface area (Å²) in [5, 5.41) is 8.75. The summed E-state index contributed by atoms with van der Waals surface area (Å²) in [6.45, 7) is 1.16. The van der Waals surface area contributed by atoms with Gasteiger partial charge in [-0.1, -0.05) is 0 Å². The van der Waals surface area contributed by atoms with Gasteiger partial charge < -0.3 is 14.6 Å². The number of carboxylic acids is 1. The molecule has 0 spiro atoms. The predicted molar refractivity (Wildman–Crippen MR) is 49.2 cm³/mol. The van der Waals surface area contributed by atoms with E-state index in [1.807, 2.05) is 0 Å². The fraction of sp³-hybridized carbons (Fsp3) is 0.333. The topological polar surface area (TPSA) is 68.7 Å². The van der Waals surface area contributed by atoms with Crippen LogP contribution in [-0.4, -0.2) is 29.5 Å². The van der Waals surface area contributed by atoms with Crippen molar-refractivity contribution in [3.05, 3.63) is 17.3 Å². The van der Waals surface area contributed by atoms with Crippen LogP contribution < -0.4 is 9.47 Å². The third-order valence-electron chi connectivity index (χ3n) is 1.84. The number of hydrogen-bond acceptors (Lipinski definition) is 4. The molecule has 0 unspecified atom stereocenters. The van der Waals surface area contributed by atoms with Crippen molar-refractivity contribution in [3.63, 3.8) is 0 Å². The van der Waals surface area contributed by atoms with Gasteiger partial charge in [0.1, 0.15) is 5.75 Å². The van der Waals surface area contributed by atoms with E-state index >= 15 is 0 Å². The van der Waals surface area contributed by atoms with Crippen LogP contribution in [0.3, 0.4) is 0 Å². The Balaban J connectivity index is 3.29. The number of ether oxygens (including phenoxy) is 2. The molecule has 1 heterocycles. The minimum atomic E-state index is -4.91. The molecule has 1 aromatic heterocycles. The molecule has 0 radical (unpaired) electrons. The molecule has 0 aliphatic heterocycles. The number of aromatic nitrogens is 1. The van der Waals surface area contributed by atoms with Crippen molar-refractivity contribution in [1.29, 1.82) is 0 Å². The van der Waals surface area contributed by atoms with Gasteiger partial charge in [0.2, 0.25) is 5.88 Å². The zero-order valence-electron chi connectivity index (χ0n) is 8.83. The maximum atomic E-state index is 12.1. The van der Waals surface area contributed by atoms with Crippen LogP contribution in [0, 0.1) is 6.92 Å². The minimum Gasteiger partial charge on any atom is -0.481 e. The Hall–Kier alpha value is -1.99. The molecule has 17 heavy (non-hydrogen) atoms. The Kier molecular flexibility index (Phi) is 3.45. The molecule has 94 valence electrons. The fourth-order valence-electron chi connectivity index (χ4n) is 1.11. The molecule has 0 fully saturated rings. The van der Waals surface area contributed by atoms with Crippen molar-refractivity contribution in [2.24, 2.45) is 0 Å². The molecule has 0 saturated carbocycles. The SMILES string of the molecule is COc1cc(OC(F)(F)F)c(C)c(C(=O)O)n1. The summed E-state index contributed by atoms with van der Waals surface area (Å²) in [7, 11) is 1.15. The summed E-state index contributed by atoms with van der Waals surface area (Å²) in [6, 6.07) is 0.870. The number of rotatable bonds is 3. The molecule has 5 nitrogen and oxygen atoms in total. The first kappa shape index (κ1) is 13.1. The molecule has 8 heteroatoms. The van der Waals surface area contributed by atoms with Crippen molar-refractivity contribution in [2.75, 3.05) is 7.11 Å². The molecular weight excluding hydrogens is 243 g/mol. The van der Waals surface area contributed by atoms with Crippen LogP contribution in [0.15, 0.2) is 6.07 Å². The second kappa shape index (κ2) is 4.48. The third kappa shape index (κ3) is 3.23. The van der Waals surface area contributed by atoms with Crippen LogP contribution in [0.4, 0.5) is 13.2 Å². The van der Waals surface area contributed by atoms with Gasteiger partial charge in [-0.2, -0.15) is 0 Å². The summed E-state index contributed by atoms with van der Waals surface area (Å²) in [5.74, 6) is -2.39. The number of carboxylic acid groups (broad SMARTS) is 1. The molecule has 1 rings (SSSR count). The van der Waals surface area contributed by atoms with E-state index in [1.54, 1.807) is 0 Å². The Morgan fingerprint density at radius 3 is 2.47 bits per heavy atom. The summed E-state index contributed by atoms with van der Waals surface area (Å²) in [5.41, 5.74) is -0.778. The van der Waals surface area contributed by atoms with Crippen LogP contribution in [0.5, 0.6) is 11.6 Å². The zero-order valence-corrected chi connectivity index (χ0v) is 8.83. The van der Waals surface area contributed by atoms with Crippen LogP contribution in [0.1, 0.15) is 16.1 Å². The second-order valence-corrected chi connectivity index (χ2v) is 2.99. The summed E-state index contributed by atoms with van der Waals surface area (Å²) in [6.07, 6.45) is -4.91. The van der Waals surface area contributed by atoms with Crippen molar-refractivity contribution in [3.8, 4) is 11.6 Å². The summed E-state index contributed by atoms with van der Waals surface area (Å²) in [4.78, 5) is 14.3. The molecule has 0 aliphatic rings. The number of aromatic carboxylic acids is 1. The highest BCUT2D eigenvalue weighted by molar-refractivity contribution is 5.88. The van der Waals surface area contributed by atoms with Gasteiger partial charge in [0.15, 0.2) is 5.69 Å².